The summed E-state index contributed by atoms with van der Waals surface area (Å²) in [6.45, 7) is 0.351. The Morgan fingerprint density at radius 3 is 2.67 bits per heavy atom. The number of aromatic nitrogens is 1. The van der Waals surface area contributed by atoms with E-state index in [0.717, 1.165) is 6.07 Å². The minimum atomic E-state index is -0.711. The van der Waals surface area contributed by atoms with Crippen molar-refractivity contribution in [2.75, 3.05) is 20.2 Å². The number of hydrogen-bond donors (Lipinski definition) is 0. The van der Waals surface area contributed by atoms with Crippen LogP contribution >= 0.6 is 0 Å². The molecule has 4 nitrogen and oxygen atoms in total. The summed E-state index contributed by atoms with van der Waals surface area (Å²) in [5, 5.41) is 0. The highest BCUT2D eigenvalue weighted by molar-refractivity contribution is 5.92. The number of hydrogen-bond acceptors (Lipinski definition) is 3. The van der Waals surface area contributed by atoms with Gasteiger partial charge in [-0.3, -0.25) is 4.79 Å². The molecule has 1 aromatic carbocycles. The maximum absolute atomic E-state index is 13.3. The van der Waals surface area contributed by atoms with E-state index in [1.165, 1.54) is 29.2 Å². The largest absolute Gasteiger partial charge is 0.489 e. The van der Waals surface area contributed by atoms with Crippen LogP contribution in [0.15, 0.2) is 42.5 Å². The van der Waals surface area contributed by atoms with Crippen LogP contribution in [0.2, 0.25) is 0 Å². The molecule has 0 saturated heterocycles. The summed E-state index contributed by atoms with van der Waals surface area (Å²) in [5.41, 5.74) is 0.0170. The van der Waals surface area contributed by atoms with Crippen LogP contribution in [0.5, 0.6) is 5.75 Å². The Labute approximate surface area is 121 Å². The highest BCUT2D eigenvalue weighted by Gasteiger charge is 2.13. The number of benzene rings is 1. The molecule has 0 atom stereocenters. The second kappa shape index (κ2) is 6.78. The van der Waals surface area contributed by atoms with Crippen molar-refractivity contribution in [2.45, 2.75) is 0 Å². The first-order valence-corrected chi connectivity index (χ1v) is 6.33. The van der Waals surface area contributed by atoms with E-state index < -0.39 is 17.7 Å². The molecule has 21 heavy (non-hydrogen) atoms. The van der Waals surface area contributed by atoms with Gasteiger partial charge in [0.2, 0.25) is 5.95 Å². The molecular weight excluding hydrogens is 278 g/mol. The Morgan fingerprint density at radius 2 is 1.95 bits per heavy atom. The van der Waals surface area contributed by atoms with Crippen LogP contribution in [-0.4, -0.2) is 36.0 Å². The first kappa shape index (κ1) is 14.9. The lowest BCUT2D eigenvalue weighted by molar-refractivity contribution is 0.0766. The third-order valence-electron chi connectivity index (χ3n) is 2.80. The fourth-order valence-electron chi connectivity index (χ4n) is 1.68. The van der Waals surface area contributed by atoms with E-state index >= 15 is 0 Å². The van der Waals surface area contributed by atoms with Crippen molar-refractivity contribution >= 4 is 5.91 Å². The molecule has 0 bridgehead atoms. The molecule has 2 rings (SSSR count). The van der Waals surface area contributed by atoms with E-state index in [9.17, 15) is 13.6 Å². The van der Waals surface area contributed by atoms with Crippen molar-refractivity contribution in [1.82, 2.24) is 9.88 Å². The molecule has 1 heterocycles. The predicted octanol–water partition coefficient (Wildman–Crippen LogP) is 2.51. The lowest BCUT2D eigenvalue weighted by Crippen LogP contribution is -2.31. The molecule has 0 spiro atoms. The van der Waals surface area contributed by atoms with Gasteiger partial charge in [-0.1, -0.05) is 18.2 Å². The monoisotopic (exact) mass is 292 g/mol. The first-order valence-electron chi connectivity index (χ1n) is 6.33. The van der Waals surface area contributed by atoms with Gasteiger partial charge >= 0.3 is 0 Å². The molecule has 0 aliphatic heterocycles. The molecule has 0 radical (unpaired) electrons. The van der Waals surface area contributed by atoms with Crippen molar-refractivity contribution < 1.29 is 18.3 Å². The quantitative estimate of drug-likeness (QED) is 0.795. The summed E-state index contributed by atoms with van der Waals surface area (Å²) in [6, 6.07) is 10.0. The number of ether oxygens (including phenoxy) is 1. The van der Waals surface area contributed by atoms with Crippen LogP contribution in [0.3, 0.4) is 0 Å². The summed E-state index contributed by atoms with van der Waals surface area (Å²) in [5.74, 6) is -1.47. The molecule has 1 aromatic heterocycles. The second-order valence-electron chi connectivity index (χ2n) is 4.35. The van der Waals surface area contributed by atoms with Crippen LogP contribution in [-0.2, 0) is 0 Å². The van der Waals surface area contributed by atoms with Crippen molar-refractivity contribution in [2.24, 2.45) is 0 Å². The zero-order valence-corrected chi connectivity index (χ0v) is 11.4. The number of amides is 1. The van der Waals surface area contributed by atoms with Gasteiger partial charge < -0.3 is 9.64 Å². The summed E-state index contributed by atoms with van der Waals surface area (Å²) in [7, 11) is 1.54. The SMILES string of the molecule is CN(CCOc1ccccc1F)C(=O)c1cccc(F)n1. The normalized spacial score (nSPS) is 10.2. The molecule has 0 fully saturated rings. The third kappa shape index (κ3) is 3.98. The second-order valence-corrected chi connectivity index (χ2v) is 4.35. The van der Waals surface area contributed by atoms with Gasteiger partial charge in [0, 0.05) is 7.05 Å². The standard InChI is InChI=1S/C15H14F2N2O2/c1-19(15(20)12-6-4-8-14(17)18-12)9-10-21-13-7-3-2-5-11(13)16/h2-8H,9-10H2,1H3. The number of halogens is 2. The number of carbonyl (C=O) groups is 1. The van der Waals surface area contributed by atoms with E-state index in [-0.39, 0.29) is 24.6 Å². The fourth-order valence-corrected chi connectivity index (χ4v) is 1.68. The number of carbonyl (C=O) groups excluding carboxylic acids is 1. The van der Waals surface area contributed by atoms with Crippen molar-refractivity contribution in [3.8, 4) is 5.75 Å². The maximum atomic E-state index is 13.3. The van der Waals surface area contributed by atoms with E-state index in [1.807, 2.05) is 0 Å². The van der Waals surface area contributed by atoms with Crippen molar-refractivity contribution in [1.29, 1.82) is 0 Å². The van der Waals surface area contributed by atoms with Crippen LogP contribution in [0.25, 0.3) is 0 Å². The summed E-state index contributed by atoms with van der Waals surface area (Å²) < 4.78 is 31.5. The van der Waals surface area contributed by atoms with Crippen LogP contribution < -0.4 is 4.74 Å². The van der Waals surface area contributed by atoms with E-state index in [0.29, 0.717) is 0 Å². The van der Waals surface area contributed by atoms with Crippen LogP contribution in [0, 0.1) is 11.8 Å². The zero-order valence-electron chi connectivity index (χ0n) is 11.4. The number of para-hydroxylation sites is 1. The molecule has 6 heteroatoms. The minimum Gasteiger partial charge on any atom is -0.489 e. The van der Waals surface area contributed by atoms with E-state index in [1.54, 1.807) is 19.2 Å². The number of likely N-dealkylation sites (N-methyl/N-ethyl adjacent to an activating group) is 1. The minimum absolute atomic E-state index is 0.0170. The summed E-state index contributed by atoms with van der Waals surface area (Å²) in [4.78, 5) is 16.8. The average Bonchev–Trinajstić information content (AvgIpc) is 2.48. The lowest BCUT2D eigenvalue weighted by Gasteiger charge is -2.17. The van der Waals surface area contributed by atoms with Crippen molar-refractivity contribution in [3.63, 3.8) is 0 Å². The molecule has 2 aromatic rings. The summed E-state index contributed by atoms with van der Waals surface area (Å²) >= 11 is 0. The Kier molecular flexibility index (Phi) is 4.81. The van der Waals surface area contributed by atoms with E-state index in [2.05, 4.69) is 4.98 Å². The molecule has 0 saturated carbocycles. The first-order chi connectivity index (χ1) is 10.1. The molecule has 110 valence electrons. The number of rotatable bonds is 5. The topological polar surface area (TPSA) is 42.4 Å². The van der Waals surface area contributed by atoms with Crippen molar-refractivity contribution in [3.05, 3.63) is 59.9 Å². The molecule has 0 unspecified atom stereocenters. The molecule has 0 aliphatic carbocycles. The summed E-state index contributed by atoms with van der Waals surface area (Å²) in [6.07, 6.45) is 0. The predicted molar refractivity (Wildman–Crippen MR) is 73.1 cm³/mol. The van der Waals surface area contributed by atoms with Gasteiger partial charge in [-0.15, -0.1) is 0 Å². The van der Waals surface area contributed by atoms with Crippen LogP contribution in [0.1, 0.15) is 10.5 Å². The molecule has 0 aliphatic rings. The van der Waals surface area contributed by atoms with Gasteiger partial charge in [0.05, 0.1) is 6.54 Å². The smallest absolute Gasteiger partial charge is 0.272 e. The maximum Gasteiger partial charge on any atom is 0.272 e. The number of nitrogens with zero attached hydrogens (tertiary/aromatic N) is 2. The van der Waals surface area contributed by atoms with E-state index in [4.69, 9.17) is 4.74 Å². The lowest BCUT2D eigenvalue weighted by atomic mass is 10.3. The Bertz CT molecular complexity index is 635. The van der Waals surface area contributed by atoms with Crippen LogP contribution in [0.4, 0.5) is 8.78 Å². The molecule has 0 N–H and O–H groups in total. The molecule has 1 amide bonds. The van der Waals surface area contributed by atoms with Gasteiger partial charge in [0.1, 0.15) is 12.3 Å². The third-order valence-corrected chi connectivity index (χ3v) is 2.80. The van der Waals surface area contributed by atoms with Gasteiger partial charge in [0.15, 0.2) is 11.6 Å². The Balaban J connectivity index is 1.89. The Morgan fingerprint density at radius 1 is 1.19 bits per heavy atom. The van der Waals surface area contributed by atoms with Gasteiger partial charge in [-0.25, -0.2) is 9.37 Å². The van der Waals surface area contributed by atoms with Gasteiger partial charge in [-0.2, -0.15) is 4.39 Å². The van der Waals surface area contributed by atoms with Gasteiger partial charge in [-0.05, 0) is 24.3 Å². The number of pyridine rings is 1. The average molecular weight is 292 g/mol. The fraction of sp³-hybridized carbons (Fsp3) is 0.200. The van der Waals surface area contributed by atoms with Gasteiger partial charge in [0.25, 0.3) is 5.91 Å². The zero-order chi connectivity index (χ0) is 15.2. The highest BCUT2D eigenvalue weighted by Crippen LogP contribution is 2.15. The Hall–Kier alpha value is -2.50. The molecular formula is C15H14F2N2O2. The highest BCUT2D eigenvalue weighted by atomic mass is 19.1.